The average molecular weight is 230 g/mol. The van der Waals surface area contributed by atoms with E-state index in [1.165, 1.54) is 5.57 Å². The van der Waals surface area contributed by atoms with Crippen LogP contribution in [-0.2, 0) is 0 Å². The molecule has 0 unspecified atom stereocenters. The SMILES string of the molecule is CC(C)(C)[C@@H]1C=CC(C2=C(O)CCC=C2)=CC1. The molecule has 92 valence electrons. The van der Waals surface area contributed by atoms with Crippen LogP contribution in [0.15, 0.2) is 47.3 Å². The van der Waals surface area contributed by atoms with Crippen molar-refractivity contribution in [2.75, 3.05) is 0 Å². The molecule has 17 heavy (non-hydrogen) atoms. The fourth-order valence-corrected chi connectivity index (χ4v) is 2.38. The summed E-state index contributed by atoms with van der Waals surface area (Å²) in [6.45, 7) is 6.83. The highest BCUT2D eigenvalue weighted by molar-refractivity contribution is 5.50. The van der Waals surface area contributed by atoms with E-state index in [9.17, 15) is 5.11 Å². The Hall–Kier alpha value is -1.24. The van der Waals surface area contributed by atoms with Gasteiger partial charge in [-0.3, -0.25) is 0 Å². The minimum absolute atomic E-state index is 0.317. The Bertz CT molecular complexity index is 413. The monoisotopic (exact) mass is 230 g/mol. The molecule has 1 heteroatoms. The second-order valence-electron chi connectivity index (χ2n) is 6.03. The van der Waals surface area contributed by atoms with E-state index in [0.717, 1.165) is 24.8 Å². The highest BCUT2D eigenvalue weighted by Gasteiger charge is 2.23. The maximum absolute atomic E-state index is 9.90. The molecule has 1 atom stereocenters. The molecule has 0 fully saturated rings. The van der Waals surface area contributed by atoms with E-state index in [4.69, 9.17) is 0 Å². The molecule has 0 radical (unpaired) electrons. The van der Waals surface area contributed by atoms with Gasteiger partial charge >= 0.3 is 0 Å². The summed E-state index contributed by atoms with van der Waals surface area (Å²) >= 11 is 0. The smallest absolute Gasteiger partial charge is 0.100 e. The number of aliphatic hydroxyl groups is 1. The van der Waals surface area contributed by atoms with Crippen molar-refractivity contribution in [3.05, 3.63) is 47.3 Å². The van der Waals surface area contributed by atoms with Crippen molar-refractivity contribution in [3.8, 4) is 0 Å². The van der Waals surface area contributed by atoms with Gasteiger partial charge in [0.1, 0.15) is 5.76 Å². The fourth-order valence-electron chi connectivity index (χ4n) is 2.38. The first-order valence-electron chi connectivity index (χ1n) is 6.46. The van der Waals surface area contributed by atoms with Gasteiger partial charge in [0.2, 0.25) is 0 Å². The largest absolute Gasteiger partial charge is 0.512 e. The summed E-state index contributed by atoms with van der Waals surface area (Å²) in [5.41, 5.74) is 2.51. The summed E-state index contributed by atoms with van der Waals surface area (Å²) in [7, 11) is 0. The van der Waals surface area contributed by atoms with E-state index in [1.54, 1.807) is 0 Å². The third-order valence-corrected chi connectivity index (χ3v) is 3.67. The van der Waals surface area contributed by atoms with Crippen molar-refractivity contribution >= 4 is 0 Å². The van der Waals surface area contributed by atoms with Crippen molar-refractivity contribution in [2.45, 2.75) is 40.0 Å². The number of allylic oxidation sites excluding steroid dienone is 8. The predicted octanol–water partition coefficient (Wildman–Crippen LogP) is 4.70. The van der Waals surface area contributed by atoms with Crippen LogP contribution >= 0.6 is 0 Å². The number of hydrogen-bond acceptors (Lipinski definition) is 1. The van der Waals surface area contributed by atoms with E-state index in [-0.39, 0.29) is 0 Å². The number of rotatable bonds is 1. The lowest BCUT2D eigenvalue weighted by Gasteiger charge is -2.29. The molecule has 0 aliphatic heterocycles. The normalized spacial score (nSPS) is 25.1. The van der Waals surface area contributed by atoms with Gasteiger partial charge in [-0.05, 0) is 29.7 Å². The summed E-state index contributed by atoms with van der Waals surface area (Å²) in [5, 5.41) is 9.90. The zero-order valence-electron chi connectivity index (χ0n) is 11.0. The first-order valence-corrected chi connectivity index (χ1v) is 6.46. The van der Waals surface area contributed by atoms with Crippen LogP contribution in [0, 0.1) is 11.3 Å². The van der Waals surface area contributed by atoms with Gasteiger partial charge in [0.25, 0.3) is 0 Å². The van der Waals surface area contributed by atoms with Crippen molar-refractivity contribution in [2.24, 2.45) is 11.3 Å². The first-order chi connectivity index (χ1) is 7.98. The molecule has 0 saturated carbocycles. The maximum Gasteiger partial charge on any atom is 0.100 e. The summed E-state index contributed by atoms with van der Waals surface area (Å²) in [6.07, 6.45) is 13.7. The van der Waals surface area contributed by atoms with Crippen molar-refractivity contribution < 1.29 is 5.11 Å². The molecule has 1 nitrogen and oxygen atoms in total. The van der Waals surface area contributed by atoms with Crippen LogP contribution < -0.4 is 0 Å². The minimum Gasteiger partial charge on any atom is -0.512 e. The van der Waals surface area contributed by atoms with Crippen molar-refractivity contribution in [3.63, 3.8) is 0 Å². The van der Waals surface area contributed by atoms with Crippen molar-refractivity contribution in [1.82, 2.24) is 0 Å². The topological polar surface area (TPSA) is 20.2 Å². The lowest BCUT2D eigenvalue weighted by molar-refractivity contribution is 0.293. The number of aliphatic hydroxyl groups excluding tert-OH is 1. The molecule has 2 rings (SSSR count). The molecular weight excluding hydrogens is 208 g/mol. The van der Waals surface area contributed by atoms with Gasteiger partial charge in [-0.1, -0.05) is 51.2 Å². The molecule has 2 aliphatic carbocycles. The van der Waals surface area contributed by atoms with Gasteiger partial charge in [0.05, 0.1) is 0 Å². The molecule has 0 saturated heterocycles. The average Bonchev–Trinajstić information content (AvgIpc) is 2.29. The highest BCUT2D eigenvalue weighted by Crippen LogP contribution is 2.35. The van der Waals surface area contributed by atoms with Gasteiger partial charge in [-0.2, -0.15) is 0 Å². The van der Waals surface area contributed by atoms with Crippen LogP contribution in [0.3, 0.4) is 0 Å². The Morgan fingerprint density at radius 1 is 1.24 bits per heavy atom. The van der Waals surface area contributed by atoms with Gasteiger partial charge < -0.3 is 5.11 Å². The molecule has 0 bridgehead atoms. The molecular formula is C16H22O. The number of hydrogen-bond donors (Lipinski definition) is 1. The summed E-state index contributed by atoms with van der Waals surface area (Å²) < 4.78 is 0. The Morgan fingerprint density at radius 2 is 2.00 bits per heavy atom. The maximum atomic E-state index is 9.90. The van der Waals surface area contributed by atoms with Gasteiger partial charge in [0, 0.05) is 12.0 Å². The van der Waals surface area contributed by atoms with E-state index in [0.29, 0.717) is 17.1 Å². The molecule has 2 aliphatic rings. The van der Waals surface area contributed by atoms with Gasteiger partial charge in [-0.15, -0.1) is 0 Å². The Morgan fingerprint density at radius 3 is 2.53 bits per heavy atom. The second kappa shape index (κ2) is 4.56. The molecule has 0 aromatic carbocycles. The van der Waals surface area contributed by atoms with E-state index < -0.39 is 0 Å². The summed E-state index contributed by atoms with van der Waals surface area (Å²) in [6, 6.07) is 0. The fraction of sp³-hybridized carbons (Fsp3) is 0.500. The van der Waals surface area contributed by atoms with E-state index in [1.807, 2.05) is 6.08 Å². The quantitative estimate of drug-likeness (QED) is 0.692. The zero-order valence-corrected chi connectivity index (χ0v) is 11.0. The standard InChI is InChI=1S/C16H22O/c1-16(2,3)13-10-8-12(9-11-13)14-6-4-5-7-15(14)17/h4,6,8-10,13,17H,5,7,11H2,1-3H3/t13-/m1/s1. The van der Waals surface area contributed by atoms with Crippen LogP contribution in [0.25, 0.3) is 0 Å². The van der Waals surface area contributed by atoms with Crippen LogP contribution in [0.5, 0.6) is 0 Å². The Balaban J connectivity index is 2.15. The van der Waals surface area contributed by atoms with Crippen LogP contribution in [-0.4, -0.2) is 5.11 Å². The third-order valence-electron chi connectivity index (χ3n) is 3.67. The van der Waals surface area contributed by atoms with Crippen LogP contribution in [0.1, 0.15) is 40.0 Å². The lowest BCUT2D eigenvalue weighted by Crippen LogP contribution is -2.19. The van der Waals surface area contributed by atoms with E-state index in [2.05, 4.69) is 45.1 Å². The van der Waals surface area contributed by atoms with Gasteiger partial charge in [0.15, 0.2) is 0 Å². The molecule has 0 aromatic heterocycles. The second-order valence-corrected chi connectivity index (χ2v) is 6.03. The first kappa shape index (κ1) is 12.2. The van der Waals surface area contributed by atoms with Crippen LogP contribution in [0.2, 0.25) is 0 Å². The van der Waals surface area contributed by atoms with Crippen molar-refractivity contribution in [1.29, 1.82) is 0 Å². The molecule has 0 spiro atoms. The summed E-state index contributed by atoms with van der Waals surface area (Å²) in [4.78, 5) is 0. The van der Waals surface area contributed by atoms with E-state index >= 15 is 0 Å². The predicted molar refractivity (Wildman–Crippen MR) is 72.8 cm³/mol. The summed E-state index contributed by atoms with van der Waals surface area (Å²) in [5.74, 6) is 1.14. The third kappa shape index (κ3) is 2.71. The Kier molecular flexibility index (Phi) is 3.28. The molecule has 0 heterocycles. The zero-order chi connectivity index (χ0) is 12.5. The molecule has 0 amide bonds. The minimum atomic E-state index is 0.317. The lowest BCUT2D eigenvalue weighted by atomic mass is 9.75. The highest BCUT2D eigenvalue weighted by atomic mass is 16.3. The Labute approximate surface area is 104 Å². The molecule has 0 aromatic rings. The van der Waals surface area contributed by atoms with Gasteiger partial charge in [-0.25, -0.2) is 0 Å². The van der Waals surface area contributed by atoms with Crippen LogP contribution in [0.4, 0.5) is 0 Å². The molecule has 1 N–H and O–H groups in total.